The summed E-state index contributed by atoms with van der Waals surface area (Å²) >= 11 is 0. The zero-order chi connectivity index (χ0) is 4.28. The Morgan fingerprint density at radius 3 is 1.67 bits per heavy atom. The van der Waals surface area contributed by atoms with E-state index >= 15 is 0 Å². The van der Waals surface area contributed by atoms with Crippen LogP contribution in [0.3, 0.4) is 0 Å². The summed E-state index contributed by atoms with van der Waals surface area (Å²) in [7, 11) is 3.38. The molecule has 0 aliphatic rings. The van der Waals surface area contributed by atoms with Gasteiger partial charge in [0, 0.05) is 14.1 Å². The monoisotopic (exact) mass is 145 g/mol. The van der Waals surface area contributed by atoms with Crippen LogP contribution in [0.25, 0.3) is 0 Å². The third-order valence-corrected chi connectivity index (χ3v) is 0.211. The van der Waals surface area contributed by atoms with Crippen LogP contribution in [0, 0.1) is 0 Å². The molecule has 2 nitrogen and oxygen atoms in total. The molecule has 0 aromatic heterocycles. The van der Waals surface area contributed by atoms with Crippen LogP contribution in [0.4, 0.5) is 0 Å². The van der Waals surface area contributed by atoms with Crippen molar-refractivity contribution in [1.29, 1.82) is 0 Å². The minimum absolute atomic E-state index is 0. The number of nitrogens with zero attached hydrogens (tertiary/aromatic N) is 1. The predicted molar refractivity (Wildman–Crippen MR) is 29.7 cm³/mol. The topological polar surface area (TPSA) is 20.3 Å². The van der Waals surface area contributed by atoms with Crippen molar-refractivity contribution >= 4 is 26.2 Å². The van der Waals surface area contributed by atoms with Crippen molar-refractivity contribution in [2.24, 2.45) is 0 Å². The van der Waals surface area contributed by atoms with Gasteiger partial charge in [0.2, 0.25) is 6.41 Å². The molecule has 1 amide bonds. The van der Waals surface area contributed by atoms with Gasteiger partial charge < -0.3 is 4.90 Å². The van der Waals surface area contributed by atoms with Gasteiger partial charge in [-0.05, 0) is 0 Å². The standard InChI is InChI=1S/C3H7NO.Ga.3H/c1-4(2)3-5;;;;/h3H,1-2H3;;;;. The second-order valence-corrected chi connectivity index (χ2v) is 1.07. The van der Waals surface area contributed by atoms with Crippen LogP contribution in [0.2, 0.25) is 0 Å². The third kappa shape index (κ3) is 8.93. The minimum atomic E-state index is 0. The number of carbonyl (C=O) groups excluding carboxylic acids is 1. The summed E-state index contributed by atoms with van der Waals surface area (Å²) in [6, 6.07) is 0. The number of carbonyl (C=O) groups is 1. The Morgan fingerprint density at radius 1 is 1.50 bits per heavy atom. The van der Waals surface area contributed by atoms with E-state index in [1.165, 1.54) is 4.90 Å². The Balaban J connectivity index is 0. The summed E-state index contributed by atoms with van der Waals surface area (Å²) in [5, 5.41) is 0. The quantitative estimate of drug-likeness (QED) is 0.326. The van der Waals surface area contributed by atoms with E-state index in [1.54, 1.807) is 14.1 Å². The molecule has 0 aliphatic heterocycles. The molecule has 0 bridgehead atoms. The van der Waals surface area contributed by atoms with Gasteiger partial charge in [-0.25, -0.2) is 0 Å². The Bertz CT molecular complexity index is 37.8. The molecular weight excluding hydrogens is 136 g/mol. The van der Waals surface area contributed by atoms with E-state index < -0.39 is 0 Å². The van der Waals surface area contributed by atoms with E-state index in [9.17, 15) is 4.79 Å². The van der Waals surface area contributed by atoms with E-state index in [1.807, 2.05) is 0 Å². The first-order valence-electron chi connectivity index (χ1n) is 1.39. The van der Waals surface area contributed by atoms with E-state index in [0.29, 0.717) is 0 Å². The summed E-state index contributed by atoms with van der Waals surface area (Å²) in [6.45, 7) is 0. The molecule has 0 heterocycles. The van der Waals surface area contributed by atoms with Gasteiger partial charge in [0.05, 0.1) is 0 Å². The first kappa shape index (κ1) is 9.44. The molecule has 6 heavy (non-hydrogen) atoms. The Labute approximate surface area is 50.6 Å². The predicted octanol–water partition coefficient (Wildman–Crippen LogP) is -1.48. The van der Waals surface area contributed by atoms with Crippen molar-refractivity contribution < 1.29 is 4.79 Å². The van der Waals surface area contributed by atoms with Gasteiger partial charge in [-0.2, -0.15) is 0 Å². The molecule has 0 aromatic rings. The van der Waals surface area contributed by atoms with Gasteiger partial charge in [0.15, 0.2) is 0 Å². The molecule has 0 rings (SSSR count). The van der Waals surface area contributed by atoms with Crippen molar-refractivity contribution in [2.75, 3.05) is 14.1 Å². The van der Waals surface area contributed by atoms with Crippen molar-refractivity contribution in [3.05, 3.63) is 0 Å². The molecule has 0 radical (unpaired) electrons. The normalized spacial score (nSPS) is 5.67. The second kappa shape index (κ2) is 5.11. The van der Waals surface area contributed by atoms with Gasteiger partial charge in [-0.3, -0.25) is 4.79 Å². The van der Waals surface area contributed by atoms with Crippen molar-refractivity contribution in [2.45, 2.75) is 0 Å². The van der Waals surface area contributed by atoms with E-state index in [-0.39, 0.29) is 19.8 Å². The summed E-state index contributed by atoms with van der Waals surface area (Å²) in [6.07, 6.45) is 0.750. The fourth-order valence-corrected chi connectivity index (χ4v) is 0. The maximum absolute atomic E-state index is 9.43. The molecule has 0 N–H and O–H groups in total. The molecule has 0 saturated heterocycles. The van der Waals surface area contributed by atoms with Gasteiger partial charge in [0.1, 0.15) is 0 Å². The molecule has 36 valence electrons. The Kier molecular flexibility index (Phi) is 8.04. The average molecular weight is 146 g/mol. The summed E-state index contributed by atoms with van der Waals surface area (Å²) in [4.78, 5) is 10.9. The number of amides is 1. The molecule has 0 fully saturated rings. The summed E-state index contributed by atoms with van der Waals surface area (Å²) in [5.74, 6) is 0. The van der Waals surface area contributed by atoms with E-state index in [2.05, 4.69) is 0 Å². The number of hydrogen-bond acceptors (Lipinski definition) is 1. The molecule has 3 heteroatoms. The van der Waals surface area contributed by atoms with Crippen LogP contribution in [-0.2, 0) is 4.79 Å². The van der Waals surface area contributed by atoms with Crippen LogP contribution in [0.1, 0.15) is 0 Å². The van der Waals surface area contributed by atoms with Crippen LogP contribution < -0.4 is 0 Å². The van der Waals surface area contributed by atoms with Crippen LogP contribution in [0.15, 0.2) is 0 Å². The van der Waals surface area contributed by atoms with Gasteiger partial charge in [-0.1, -0.05) is 0 Å². The molecule has 0 unspecified atom stereocenters. The maximum atomic E-state index is 9.43. The third-order valence-electron chi connectivity index (χ3n) is 0.211. The Hall–Kier alpha value is 0.106. The zero-order valence-corrected chi connectivity index (χ0v) is 3.43. The van der Waals surface area contributed by atoms with Crippen LogP contribution in [-0.4, -0.2) is 45.2 Å². The van der Waals surface area contributed by atoms with E-state index in [0.717, 1.165) is 6.41 Å². The fraction of sp³-hybridized carbons (Fsp3) is 0.667. The fourth-order valence-electron chi connectivity index (χ4n) is 0. The van der Waals surface area contributed by atoms with E-state index in [4.69, 9.17) is 0 Å². The zero-order valence-electron chi connectivity index (χ0n) is 3.43. The molecular formula is C3H10GaNO. The molecule has 0 atom stereocenters. The van der Waals surface area contributed by atoms with Gasteiger partial charge in [0.25, 0.3) is 0 Å². The molecule has 0 aromatic carbocycles. The first-order valence-corrected chi connectivity index (χ1v) is 1.39. The van der Waals surface area contributed by atoms with Crippen LogP contribution in [0.5, 0.6) is 0 Å². The van der Waals surface area contributed by atoms with Crippen LogP contribution >= 0.6 is 0 Å². The Morgan fingerprint density at radius 2 is 1.67 bits per heavy atom. The van der Waals surface area contributed by atoms with Gasteiger partial charge >= 0.3 is 19.8 Å². The number of hydrogen-bond donors (Lipinski definition) is 0. The summed E-state index contributed by atoms with van der Waals surface area (Å²) in [5.41, 5.74) is 0. The molecule has 0 spiro atoms. The first-order chi connectivity index (χ1) is 2.27. The van der Waals surface area contributed by atoms with Crippen molar-refractivity contribution in [3.63, 3.8) is 0 Å². The average Bonchev–Trinajstić information content (AvgIpc) is 1.38. The second-order valence-electron chi connectivity index (χ2n) is 1.07. The van der Waals surface area contributed by atoms with Crippen molar-refractivity contribution in [1.82, 2.24) is 4.90 Å². The van der Waals surface area contributed by atoms with Crippen molar-refractivity contribution in [3.8, 4) is 0 Å². The molecule has 0 saturated carbocycles. The van der Waals surface area contributed by atoms with Gasteiger partial charge in [-0.15, -0.1) is 0 Å². The SMILES string of the molecule is CN(C)C=O.[GaH3]. The number of rotatable bonds is 1. The molecule has 0 aliphatic carbocycles. The summed E-state index contributed by atoms with van der Waals surface area (Å²) < 4.78 is 0.